The Labute approximate surface area is 148 Å². The summed E-state index contributed by atoms with van der Waals surface area (Å²) in [6.07, 6.45) is 7.14. The quantitative estimate of drug-likeness (QED) is 0.501. The van der Waals surface area contributed by atoms with Crippen LogP contribution in [-0.2, 0) is 0 Å². The zero-order valence-corrected chi connectivity index (χ0v) is 14.5. The first-order valence-electron chi connectivity index (χ1n) is 7.49. The average molecular weight is 356 g/mol. The number of hydrogen-bond acceptors (Lipinski definition) is 4. The fourth-order valence-corrected chi connectivity index (χ4v) is 3.72. The van der Waals surface area contributed by atoms with Crippen molar-refractivity contribution in [2.75, 3.05) is 0 Å². The van der Waals surface area contributed by atoms with E-state index in [4.69, 9.17) is 16.3 Å². The first-order chi connectivity index (χ1) is 11.7. The highest BCUT2D eigenvalue weighted by Crippen LogP contribution is 2.34. The molecule has 0 aliphatic rings. The van der Waals surface area contributed by atoms with E-state index in [9.17, 15) is 0 Å². The Morgan fingerprint density at radius 3 is 3.00 bits per heavy atom. The molecular weight excluding hydrogens is 342 g/mol. The van der Waals surface area contributed by atoms with E-state index in [0.717, 1.165) is 32.6 Å². The maximum Gasteiger partial charge on any atom is 0.155 e. The van der Waals surface area contributed by atoms with Crippen LogP contribution >= 0.6 is 22.9 Å². The lowest BCUT2D eigenvalue weighted by atomic mass is 10.1. The van der Waals surface area contributed by atoms with Crippen LogP contribution in [0.1, 0.15) is 18.6 Å². The smallest absolute Gasteiger partial charge is 0.155 e. The van der Waals surface area contributed by atoms with Gasteiger partial charge in [0.05, 0.1) is 23.0 Å². The summed E-state index contributed by atoms with van der Waals surface area (Å²) in [6.45, 7) is 2.00. The molecule has 4 nitrogen and oxygen atoms in total. The Morgan fingerprint density at radius 1 is 1.25 bits per heavy atom. The van der Waals surface area contributed by atoms with E-state index >= 15 is 0 Å². The van der Waals surface area contributed by atoms with Crippen molar-refractivity contribution < 1.29 is 4.74 Å². The van der Waals surface area contributed by atoms with Crippen molar-refractivity contribution in [2.45, 2.75) is 13.0 Å². The van der Waals surface area contributed by atoms with E-state index in [1.54, 1.807) is 23.7 Å². The maximum atomic E-state index is 6.24. The van der Waals surface area contributed by atoms with Gasteiger partial charge in [-0.1, -0.05) is 29.8 Å². The van der Waals surface area contributed by atoms with Crippen LogP contribution in [0.3, 0.4) is 0 Å². The molecule has 24 heavy (non-hydrogen) atoms. The molecule has 0 N–H and O–H groups in total. The topological polar surface area (TPSA) is 39.4 Å². The molecule has 4 aromatic rings. The number of rotatable bonds is 4. The fourth-order valence-electron chi connectivity index (χ4n) is 2.61. The van der Waals surface area contributed by atoms with Gasteiger partial charge in [0.15, 0.2) is 5.65 Å². The molecule has 0 aliphatic heterocycles. The van der Waals surface area contributed by atoms with E-state index in [1.807, 2.05) is 59.4 Å². The molecule has 1 atom stereocenters. The summed E-state index contributed by atoms with van der Waals surface area (Å²) in [7, 11) is 0. The van der Waals surface area contributed by atoms with Gasteiger partial charge in [-0.15, -0.1) is 11.3 Å². The summed E-state index contributed by atoms with van der Waals surface area (Å²) in [4.78, 5) is 9.56. The lowest BCUT2D eigenvalue weighted by Gasteiger charge is -2.14. The van der Waals surface area contributed by atoms with Crippen molar-refractivity contribution >= 4 is 28.6 Å². The number of fused-ring (bicyclic) bond motifs is 1. The van der Waals surface area contributed by atoms with Crippen molar-refractivity contribution in [3.8, 4) is 16.3 Å². The number of thiophene rings is 1. The first kappa shape index (κ1) is 15.2. The van der Waals surface area contributed by atoms with Crippen molar-refractivity contribution in [3.05, 3.63) is 71.1 Å². The number of hydrogen-bond donors (Lipinski definition) is 0. The fraction of sp³-hybridized carbons (Fsp3) is 0.111. The van der Waals surface area contributed by atoms with Crippen LogP contribution < -0.4 is 4.74 Å². The Balaban J connectivity index is 1.60. The molecule has 1 unspecified atom stereocenters. The van der Waals surface area contributed by atoms with E-state index < -0.39 is 0 Å². The molecule has 3 heterocycles. The molecule has 0 radical (unpaired) electrons. The van der Waals surface area contributed by atoms with Crippen molar-refractivity contribution in [1.82, 2.24) is 14.4 Å². The first-order valence-corrected chi connectivity index (χ1v) is 8.75. The SMILES string of the molecule is CC(Oc1csc(-c2cnc3cnccn23)c1)c1ccccc1Cl. The zero-order chi connectivity index (χ0) is 16.5. The Hall–Kier alpha value is -2.37. The summed E-state index contributed by atoms with van der Waals surface area (Å²) < 4.78 is 8.07. The van der Waals surface area contributed by atoms with Gasteiger partial charge in [-0.3, -0.25) is 9.38 Å². The number of ether oxygens (including phenoxy) is 1. The molecular formula is C18H14ClN3OS. The van der Waals surface area contributed by atoms with Crippen molar-refractivity contribution in [3.63, 3.8) is 0 Å². The van der Waals surface area contributed by atoms with Gasteiger partial charge in [-0.25, -0.2) is 4.98 Å². The van der Waals surface area contributed by atoms with Crippen molar-refractivity contribution in [1.29, 1.82) is 0 Å². The normalized spacial score (nSPS) is 12.4. The third-order valence-electron chi connectivity index (χ3n) is 3.80. The highest BCUT2D eigenvalue weighted by molar-refractivity contribution is 7.13. The molecule has 0 spiro atoms. The van der Waals surface area contributed by atoms with Gasteiger partial charge in [0, 0.05) is 34.4 Å². The summed E-state index contributed by atoms with van der Waals surface area (Å²) in [6, 6.07) is 9.77. The van der Waals surface area contributed by atoms with E-state index in [2.05, 4.69) is 9.97 Å². The standard InChI is InChI=1S/C18H14ClN3OS/c1-12(14-4-2-3-5-15(14)19)23-13-8-17(24-11-13)16-9-21-18-10-20-6-7-22(16)18/h2-12H,1H3. The van der Waals surface area contributed by atoms with Crippen LogP contribution in [0.15, 0.2) is 60.5 Å². The van der Waals surface area contributed by atoms with Crippen molar-refractivity contribution in [2.24, 2.45) is 0 Å². The third kappa shape index (κ3) is 2.77. The van der Waals surface area contributed by atoms with Gasteiger partial charge in [0.1, 0.15) is 11.9 Å². The summed E-state index contributed by atoms with van der Waals surface area (Å²) >= 11 is 7.87. The molecule has 1 aromatic carbocycles. The predicted molar refractivity (Wildman–Crippen MR) is 96.8 cm³/mol. The van der Waals surface area contributed by atoms with Crippen LogP contribution in [0.4, 0.5) is 0 Å². The number of aromatic nitrogens is 3. The molecule has 4 rings (SSSR count). The zero-order valence-electron chi connectivity index (χ0n) is 12.9. The second-order valence-electron chi connectivity index (χ2n) is 5.38. The molecule has 0 saturated carbocycles. The average Bonchev–Trinajstić information content (AvgIpc) is 3.21. The van der Waals surface area contributed by atoms with Gasteiger partial charge >= 0.3 is 0 Å². The molecule has 120 valence electrons. The minimum Gasteiger partial charge on any atom is -0.485 e. The lowest BCUT2D eigenvalue weighted by molar-refractivity contribution is 0.228. The van der Waals surface area contributed by atoms with Gasteiger partial charge in [0.2, 0.25) is 0 Å². The maximum absolute atomic E-state index is 6.24. The number of benzene rings is 1. The number of imidazole rings is 1. The number of nitrogens with zero attached hydrogens (tertiary/aromatic N) is 3. The van der Waals surface area contributed by atoms with Gasteiger partial charge in [-0.05, 0) is 13.0 Å². The second-order valence-corrected chi connectivity index (χ2v) is 6.69. The minimum absolute atomic E-state index is 0.118. The summed E-state index contributed by atoms with van der Waals surface area (Å²) in [5.41, 5.74) is 2.83. The van der Waals surface area contributed by atoms with Crippen LogP contribution in [0.25, 0.3) is 16.2 Å². The van der Waals surface area contributed by atoms with Crippen LogP contribution in [0, 0.1) is 0 Å². The molecule has 0 saturated heterocycles. The van der Waals surface area contributed by atoms with Crippen LogP contribution in [0.5, 0.6) is 5.75 Å². The minimum atomic E-state index is -0.118. The van der Waals surface area contributed by atoms with Gasteiger partial charge in [-0.2, -0.15) is 0 Å². The monoisotopic (exact) mass is 355 g/mol. The molecule has 0 aliphatic carbocycles. The lowest BCUT2D eigenvalue weighted by Crippen LogP contribution is -2.02. The molecule has 0 amide bonds. The second kappa shape index (κ2) is 6.26. The Morgan fingerprint density at radius 2 is 2.12 bits per heavy atom. The van der Waals surface area contributed by atoms with Crippen LogP contribution in [-0.4, -0.2) is 14.4 Å². The molecule has 0 bridgehead atoms. The molecule has 6 heteroatoms. The highest BCUT2D eigenvalue weighted by atomic mass is 35.5. The molecule has 0 fully saturated rings. The van der Waals surface area contributed by atoms with E-state index in [0.29, 0.717) is 0 Å². The van der Waals surface area contributed by atoms with E-state index in [1.165, 1.54) is 0 Å². The molecule has 3 aromatic heterocycles. The van der Waals surface area contributed by atoms with E-state index in [-0.39, 0.29) is 6.10 Å². The largest absolute Gasteiger partial charge is 0.485 e. The highest BCUT2D eigenvalue weighted by Gasteiger charge is 2.14. The Kier molecular flexibility index (Phi) is 3.96. The van der Waals surface area contributed by atoms with Gasteiger partial charge < -0.3 is 4.74 Å². The number of halogens is 1. The van der Waals surface area contributed by atoms with Gasteiger partial charge in [0.25, 0.3) is 0 Å². The van der Waals surface area contributed by atoms with Crippen LogP contribution in [0.2, 0.25) is 5.02 Å². The Bertz CT molecular complexity index is 995. The summed E-state index contributed by atoms with van der Waals surface area (Å²) in [5.74, 6) is 0.825. The third-order valence-corrected chi connectivity index (χ3v) is 5.08. The summed E-state index contributed by atoms with van der Waals surface area (Å²) in [5, 5.41) is 2.72. The predicted octanol–water partition coefficient (Wildman–Crippen LogP) is 5.25.